The summed E-state index contributed by atoms with van der Waals surface area (Å²) in [6.07, 6.45) is 0. The van der Waals surface area contributed by atoms with Crippen LogP contribution in [0.15, 0.2) is 0 Å². The van der Waals surface area contributed by atoms with Crippen molar-refractivity contribution in [3.8, 4) is 0 Å². The zero-order valence-corrected chi connectivity index (χ0v) is 8.85. The third-order valence-electron chi connectivity index (χ3n) is 0.584. The molecule has 0 fully saturated rings. The van der Waals surface area contributed by atoms with E-state index in [1.54, 1.807) is 0 Å². The lowest BCUT2D eigenvalue weighted by Gasteiger charge is -2.13. The molecule has 3 N–H and O–H groups in total. The third-order valence-corrected chi connectivity index (χ3v) is 3.08. The molecule has 0 unspecified atom stereocenters. The maximum Gasteiger partial charge on any atom is 0.244 e. The molecular formula is C4H14NO2PS2. The van der Waals surface area contributed by atoms with E-state index in [1.807, 2.05) is 13.8 Å². The van der Waals surface area contributed by atoms with Crippen LogP contribution in [0.1, 0.15) is 13.8 Å². The van der Waals surface area contributed by atoms with E-state index < -0.39 is 5.69 Å². The van der Waals surface area contributed by atoms with Gasteiger partial charge in [0, 0.05) is 0 Å². The van der Waals surface area contributed by atoms with Gasteiger partial charge >= 0.3 is 0 Å². The van der Waals surface area contributed by atoms with Crippen molar-refractivity contribution < 1.29 is 9.05 Å². The van der Waals surface area contributed by atoms with Crippen LogP contribution in [0.5, 0.6) is 0 Å². The Morgan fingerprint density at radius 3 is 1.80 bits per heavy atom. The lowest BCUT2D eigenvalue weighted by Crippen LogP contribution is -1.88. The molecule has 0 radical (unpaired) electrons. The topological polar surface area (TPSA) is 53.5 Å². The van der Waals surface area contributed by atoms with Crippen molar-refractivity contribution in [2.24, 2.45) is 0 Å². The average molecular weight is 207 g/mol. The highest BCUT2D eigenvalue weighted by molar-refractivity contribution is 8.60. The Morgan fingerprint density at radius 2 is 1.60 bits per heavy atom. The molecular weight excluding hydrogens is 193 g/mol. The second-order valence-corrected chi connectivity index (χ2v) is 6.59. The Bertz CT molecular complexity index is 112. The van der Waals surface area contributed by atoms with Crippen molar-refractivity contribution >= 4 is 29.7 Å². The summed E-state index contributed by atoms with van der Waals surface area (Å²) in [5.74, 6) is 0. The molecule has 0 bridgehead atoms. The number of hydrogen-bond acceptors (Lipinski definition) is 4. The van der Waals surface area contributed by atoms with E-state index in [2.05, 4.69) is 12.2 Å². The van der Waals surface area contributed by atoms with Crippen molar-refractivity contribution in [2.45, 2.75) is 13.8 Å². The minimum atomic E-state index is -2.16. The van der Waals surface area contributed by atoms with Gasteiger partial charge in [0.2, 0.25) is 5.69 Å². The molecule has 0 rings (SSSR count). The van der Waals surface area contributed by atoms with Gasteiger partial charge in [0.1, 0.15) is 0 Å². The van der Waals surface area contributed by atoms with E-state index in [4.69, 9.17) is 20.9 Å². The summed E-state index contributed by atoms with van der Waals surface area (Å²) in [4.78, 5) is 0. The monoisotopic (exact) mass is 207 g/mol. The van der Waals surface area contributed by atoms with Gasteiger partial charge in [0.15, 0.2) is 0 Å². The van der Waals surface area contributed by atoms with E-state index in [-0.39, 0.29) is 6.15 Å². The SMILES string of the molecule is N.[13CH3][13CH2]OP(=S)(S)O[13CH2][13CH3]. The van der Waals surface area contributed by atoms with Crippen LogP contribution < -0.4 is 6.15 Å². The minimum Gasteiger partial charge on any atom is -0.344 e. The summed E-state index contributed by atoms with van der Waals surface area (Å²) in [6.45, 7) is 4.88. The van der Waals surface area contributed by atoms with E-state index in [0.29, 0.717) is 13.2 Å². The molecule has 0 aliphatic rings. The number of thiol groups is 1. The highest BCUT2D eigenvalue weighted by Gasteiger charge is 2.08. The molecule has 64 valence electrons. The number of hydrogen-bond donors (Lipinski definition) is 2. The Kier molecular flexibility index (Phi) is 8.86. The molecule has 0 aromatic rings. The summed E-state index contributed by atoms with van der Waals surface area (Å²) >= 11 is 8.90. The summed E-state index contributed by atoms with van der Waals surface area (Å²) < 4.78 is 10.1. The summed E-state index contributed by atoms with van der Waals surface area (Å²) in [5, 5.41) is 0. The van der Waals surface area contributed by atoms with Crippen LogP contribution in [-0.4, -0.2) is 13.2 Å². The summed E-state index contributed by atoms with van der Waals surface area (Å²) in [7, 11) is 0. The Balaban J connectivity index is 0. The predicted molar refractivity (Wildman–Crippen MR) is 51.5 cm³/mol. The van der Waals surface area contributed by atoms with Gasteiger partial charge in [-0.1, -0.05) is 12.2 Å². The van der Waals surface area contributed by atoms with Crippen molar-refractivity contribution in [2.75, 3.05) is 13.2 Å². The summed E-state index contributed by atoms with van der Waals surface area (Å²) in [6, 6.07) is 0. The zero-order valence-electron chi connectivity index (χ0n) is 6.24. The Morgan fingerprint density at radius 1 is 1.30 bits per heavy atom. The van der Waals surface area contributed by atoms with Crippen LogP contribution in [0.4, 0.5) is 0 Å². The van der Waals surface area contributed by atoms with Crippen LogP contribution in [-0.2, 0) is 20.9 Å². The molecule has 0 spiro atoms. The second-order valence-electron chi connectivity index (χ2n) is 1.30. The van der Waals surface area contributed by atoms with E-state index >= 15 is 0 Å². The quantitative estimate of drug-likeness (QED) is 0.422. The molecule has 0 amide bonds. The second kappa shape index (κ2) is 6.58. The highest BCUT2D eigenvalue weighted by atomic mass is 32.9. The van der Waals surface area contributed by atoms with Gasteiger partial charge in [0.05, 0.1) is 13.2 Å². The molecule has 0 aromatic heterocycles. The average Bonchev–Trinajstić information content (AvgIpc) is 1.64. The standard InChI is InChI=1S/C4H11O2PS2.H3N/c1-3-5-7(8,9)6-4-2;/h3-4H2,1-2H3,(H,8,9);1H3/i1+1,2+1,3+1,4+1;. The lowest BCUT2D eigenvalue weighted by molar-refractivity contribution is 0.281. The zero-order chi connectivity index (χ0) is 7.33. The van der Waals surface area contributed by atoms with Gasteiger partial charge in [-0.25, -0.2) is 0 Å². The normalized spacial score (nSPS) is 10.7. The Labute approximate surface area is 72.4 Å². The van der Waals surface area contributed by atoms with Crippen LogP contribution in [0.3, 0.4) is 0 Å². The van der Waals surface area contributed by atoms with Gasteiger partial charge < -0.3 is 15.2 Å². The number of rotatable bonds is 4. The van der Waals surface area contributed by atoms with Crippen LogP contribution in [0, 0.1) is 0 Å². The predicted octanol–water partition coefficient (Wildman–Crippen LogP) is 2.38. The fourth-order valence-corrected chi connectivity index (χ4v) is 2.42. The fraction of sp³-hybridized carbons (Fsp3) is 1.00. The molecule has 0 aliphatic heterocycles. The lowest BCUT2D eigenvalue weighted by atomic mass is 11.9. The van der Waals surface area contributed by atoms with Crippen LogP contribution >= 0.6 is 17.9 Å². The Hall–Kier alpha value is 0.880. The highest BCUT2D eigenvalue weighted by Crippen LogP contribution is 2.52. The molecule has 0 aromatic carbocycles. The van der Waals surface area contributed by atoms with Crippen molar-refractivity contribution in [3.05, 3.63) is 0 Å². The van der Waals surface area contributed by atoms with Gasteiger partial charge in [-0.15, -0.1) is 0 Å². The molecule has 10 heavy (non-hydrogen) atoms. The molecule has 0 saturated heterocycles. The fourth-order valence-electron chi connectivity index (χ4n) is 0.364. The van der Waals surface area contributed by atoms with Crippen LogP contribution in [0.25, 0.3) is 0 Å². The molecule has 0 aliphatic carbocycles. The minimum absolute atomic E-state index is 0. The van der Waals surface area contributed by atoms with E-state index in [0.717, 1.165) is 0 Å². The van der Waals surface area contributed by atoms with Gasteiger partial charge in [-0.2, -0.15) is 0 Å². The molecule has 0 atom stereocenters. The first-order chi connectivity index (χ1) is 4.12. The van der Waals surface area contributed by atoms with Gasteiger partial charge in [-0.05, 0) is 25.7 Å². The third kappa shape index (κ3) is 6.99. The molecule has 0 saturated carbocycles. The molecule has 0 heterocycles. The maximum absolute atomic E-state index is 5.04. The first-order valence-electron chi connectivity index (χ1n) is 2.74. The maximum atomic E-state index is 5.04. The van der Waals surface area contributed by atoms with Crippen molar-refractivity contribution in [3.63, 3.8) is 0 Å². The van der Waals surface area contributed by atoms with Crippen molar-refractivity contribution in [1.82, 2.24) is 6.15 Å². The molecule has 3 nitrogen and oxygen atoms in total. The van der Waals surface area contributed by atoms with Crippen molar-refractivity contribution in [1.29, 1.82) is 0 Å². The van der Waals surface area contributed by atoms with E-state index in [9.17, 15) is 0 Å². The first kappa shape index (κ1) is 13.5. The first-order valence-corrected chi connectivity index (χ1v) is 6.53. The largest absolute Gasteiger partial charge is 0.344 e. The van der Waals surface area contributed by atoms with E-state index in [1.165, 1.54) is 0 Å². The van der Waals surface area contributed by atoms with Crippen LogP contribution in [0.2, 0.25) is 0 Å². The molecule has 6 heteroatoms. The summed E-state index contributed by atoms with van der Waals surface area (Å²) in [5.41, 5.74) is -2.16. The smallest absolute Gasteiger partial charge is 0.244 e. The van der Waals surface area contributed by atoms with Gasteiger partial charge in [-0.3, -0.25) is 0 Å². The van der Waals surface area contributed by atoms with Gasteiger partial charge in [0.25, 0.3) is 0 Å².